The summed E-state index contributed by atoms with van der Waals surface area (Å²) < 4.78 is 5.20. The first-order valence-corrected chi connectivity index (χ1v) is 8.82. The Balaban J connectivity index is 1.40. The normalized spacial score (nSPS) is 18.5. The fourth-order valence-corrected chi connectivity index (χ4v) is 3.25. The van der Waals surface area contributed by atoms with E-state index >= 15 is 0 Å². The average molecular weight is 338 g/mol. The number of piperidine rings is 1. The lowest BCUT2D eigenvalue weighted by atomic mass is 10.1. The molecule has 7 nitrogen and oxygen atoms in total. The number of aryl methyl sites for hydroxylation is 1. The Morgan fingerprint density at radius 2 is 2.12 bits per heavy atom. The summed E-state index contributed by atoms with van der Waals surface area (Å²) in [5, 5.41) is 7.58. The summed E-state index contributed by atoms with van der Waals surface area (Å²) in [4.78, 5) is 15.9. The summed E-state index contributed by atoms with van der Waals surface area (Å²) in [7, 11) is 0. The summed E-state index contributed by atoms with van der Waals surface area (Å²) in [6.45, 7) is 4.73. The largest absolute Gasteiger partial charge is 0.365 e. The molecule has 0 saturated carbocycles. The lowest BCUT2D eigenvalue weighted by molar-refractivity contribution is 0.201. The highest BCUT2D eigenvalue weighted by atomic mass is 16.5. The first-order valence-electron chi connectivity index (χ1n) is 8.82. The molecule has 25 heavy (non-hydrogen) atoms. The van der Waals surface area contributed by atoms with Crippen molar-refractivity contribution in [1.82, 2.24) is 25.0 Å². The number of hydrogen-bond donors (Lipinski definition) is 1. The predicted octanol–water partition coefficient (Wildman–Crippen LogP) is 2.65. The van der Waals surface area contributed by atoms with Gasteiger partial charge in [-0.25, -0.2) is 4.98 Å². The van der Waals surface area contributed by atoms with Crippen LogP contribution in [0.3, 0.4) is 0 Å². The molecule has 3 aromatic rings. The standard InChI is InChI=1S/C18H22N6O/c1-2-18-22-17(23-25-18)12-24-9-5-6-13(11-24)20-16-10-19-14-7-3-4-8-15(14)21-16/h3-4,7-8,10,13H,2,5-6,9,11-12H2,1H3,(H,20,21)/t13-/m1/s1. The van der Waals surface area contributed by atoms with Crippen LogP contribution in [0.25, 0.3) is 11.0 Å². The SMILES string of the molecule is CCc1nc(CN2CCC[C@@H](Nc3cnc4ccccc4n3)C2)no1. The van der Waals surface area contributed by atoms with Crippen LogP contribution in [-0.4, -0.2) is 44.1 Å². The molecule has 1 aliphatic rings. The maximum Gasteiger partial charge on any atom is 0.226 e. The zero-order chi connectivity index (χ0) is 17.1. The number of benzene rings is 1. The van der Waals surface area contributed by atoms with Gasteiger partial charge in [-0.1, -0.05) is 24.2 Å². The molecule has 1 atom stereocenters. The first kappa shape index (κ1) is 16.0. The second kappa shape index (κ2) is 7.14. The Bertz CT molecular complexity index is 848. The number of nitrogens with zero attached hydrogens (tertiary/aromatic N) is 5. The van der Waals surface area contributed by atoms with Gasteiger partial charge in [0.2, 0.25) is 5.89 Å². The molecule has 4 rings (SSSR count). The van der Waals surface area contributed by atoms with E-state index in [2.05, 4.69) is 30.3 Å². The van der Waals surface area contributed by atoms with Gasteiger partial charge in [-0.3, -0.25) is 9.88 Å². The van der Waals surface area contributed by atoms with E-state index in [1.165, 1.54) is 0 Å². The predicted molar refractivity (Wildman–Crippen MR) is 95.1 cm³/mol. The number of rotatable bonds is 5. The third-order valence-electron chi connectivity index (χ3n) is 4.48. The smallest absolute Gasteiger partial charge is 0.226 e. The number of aromatic nitrogens is 4. The van der Waals surface area contributed by atoms with Crippen molar-refractivity contribution in [2.75, 3.05) is 18.4 Å². The average Bonchev–Trinajstić information content (AvgIpc) is 3.09. The Kier molecular flexibility index (Phi) is 4.56. The number of nitrogens with one attached hydrogen (secondary N) is 1. The van der Waals surface area contributed by atoms with Crippen LogP contribution in [0.4, 0.5) is 5.82 Å². The topological polar surface area (TPSA) is 80.0 Å². The van der Waals surface area contributed by atoms with E-state index in [9.17, 15) is 0 Å². The van der Waals surface area contributed by atoms with E-state index in [0.717, 1.165) is 61.6 Å². The van der Waals surface area contributed by atoms with Gasteiger partial charge in [0.1, 0.15) is 5.82 Å². The van der Waals surface area contributed by atoms with Crippen molar-refractivity contribution in [2.45, 2.75) is 38.8 Å². The van der Waals surface area contributed by atoms with Gasteiger partial charge in [0.05, 0.1) is 23.8 Å². The molecule has 130 valence electrons. The summed E-state index contributed by atoms with van der Waals surface area (Å²) >= 11 is 0. The maximum atomic E-state index is 5.20. The van der Waals surface area contributed by atoms with Crippen molar-refractivity contribution >= 4 is 16.9 Å². The second-order valence-corrected chi connectivity index (χ2v) is 6.42. The Morgan fingerprint density at radius 3 is 2.96 bits per heavy atom. The monoisotopic (exact) mass is 338 g/mol. The summed E-state index contributed by atoms with van der Waals surface area (Å²) in [5.41, 5.74) is 1.83. The minimum atomic E-state index is 0.349. The van der Waals surface area contributed by atoms with E-state index in [1.807, 2.05) is 37.4 Å². The molecule has 0 aliphatic carbocycles. The summed E-state index contributed by atoms with van der Waals surface area (Å²) in [6, 6.07) is 8.28. The second-order valence-electron chi connectivity index (χ2n) is 6.42. The van der Waals surface area contributed by atoms with E-state index in [4.69, 9.17) is 4.52 Å². The van der Waals surface area contributed by atoms with Crippen LogP contribution in [-0.2, 0) is 13.0 Å². The molecule has 1 aromatic carbocycles. The van der Waals surface area contributed by atoms with E-state index in [-0.39, 0.29) is 0 Å². The molecule has 7 heteroatoms. The molecule has 0 spiro atoms. The zero-order valence-electron chi connectivity index (χ0n) is 14.4. The van der Waals surface area contributed by atoms with E-state index < -0.39 is 0 Å². The van der Waals surface area contributed by atoms with Crippen molar-refractivity contribution in [3.05, 3.63) is 42.2 Å². The van der Waals surface area contributed by atoms with Crippen molar-refractivity contribution < 1.29 is 4.52 Å². The fraction of sp³-hybridized carbons (Fsp3) is 0.444. The zero-order valence-corrected chi connectivity index (χ0v) is 14.4. The summed E-state index contributed by atoms with van der Waals surface area (Å²) in [5.74, 6) is 2.30. The molecule has 0 unspecified atom stereocenters. The van der Waals surface area contributed by atoms with Gasteiger partial charge in [0.15, 0.2) is 5.82 Å². The lowest BCUT2D eigenvalue weighted by Crippen LogP contribution is -2.41. The Labute approximate surface area is 146 Å². The minimum absolute atomic E-state index is 0.349. The van der Waals surface area contributed by atoms with Crippen molar-refractivity contribution in [2.24, 2.45) is 0 Å². The molecule has 0 radical (unpaired) electrons. The van der Waals surface area contributed by atoms with Gasteiger partial charge >= 0.3 is 0 Å². The number of para-hydroxylation sites is 2. The van der Waals surface area contributed by atoms with Crippen molar-refractivity contribution in [3.63, 3.8) is 0 Å². The molecule has 2 aromatic heterocycles. The molecular formula is C18H22N6O. The van der Waals surface area contributed by atoms with Crippen LogP contribution in [0.15, 0.2) is 35.0 Å². The number of hydrogen-bond acceptors (Lipinski definition) is 7. The quantitative estimate of drug-likeness (QED) is 0.766. The molecule has 1 fully saturated rings. The van der Waals surface area contributed by atoms with Crippen LogP contribution in [0, 0.1) is 0 Å². The minimum Gasteiger partial charge on any atom is -0.365 e. The van der Waals surface area contributed by atoms with E-state index in [1.54, 1.807) is 0 Å². The van der Waals surface area contributed by atoms with Crippen LogP contribution < -0.4 is 5.32 Å². The molecule has 0 bridgehead atoms. The molecular weight excluding hydrogens is 316 g/mol. The highest BCUT2D eigenvalue weighted by Crippen LogP contribution is 2.18. The van der Waals surface area contributed by atoms with Gasteiger partial charge in [-0.15, -0.1) is 0 Å². The Morgan fingerprint density at radius 1 is 1.24 bits per heavy atom. The number of fused-ring (bicyclic) bond motifs is 1. The van der Waals surface area contributed by atoms with Crippen LogP contribution >= 0.6 is 0 Å². The van der Waals surface area contributed by atoms with Crippen molar-refractivity contribution in [1.29, 1.82) is 0 Å². The Hall–Kier alpha value is -2.54. The number of likely N-dealkylation sites (tertiary alicyclic amines) is 1. The van der Waals surface area contributed by atoms with Gasteiger partial charge in [-0.2, -0.15) is 4.98 Å². The fourth-order valence-electron chi connectivity index (χ4n) is 3.25. The van der Waals surface area contributed by atoms with Gasteiger partial charge in [0, 0.05) is 19.0 Å². The molecule has 1 saturated heterocycles. The van der Waals surface area contributed by atoms with Crippen molar-refractivity contribution in [3.8, 4) is 0 Å². The molecule has 3 heterocycles. The van der Waals surface area contributed by atoms with Crippen LogP contribution in [0.1, 0.15) is 31.5 Å². The lowest BCUT2D eigenvalue weighted by Gasteiger charge is -2.32. The van der Waals surface area contributed by atoms with Crippen LogP contribution in [0.5, 0.6) is 0 Å². The highest BCUT2D eigenvalue weighted by molar-refractivity contribution is 5.75. The highest BCUT2D eigenvalue weighted by Gasteiger charge is 2.21. The maximum absolute atomic E-state index is 5.20. The van der Waals surface area contributed by atoms with Gasteiger partial charge in [-0.05, 0) is 31.5 Å². The third-order valence-corrected chi connectivity index (χ3v) is 4.48. The molecule has 1 aliphatic heterocycles. The number of anilines is 1. The molecule has 0 amide bonds. The van der Waals surface area contributed by atoms with Gasteiger partial charge < -0.3 is 9.84 Å². The van der Waals surface area contributed by atoms with Crippen LogP contribution in [0.2, 0.25) is 0 Å². The third kappa shape index (κ3) is 3.76. The molecule has 1 N–H and O–H groups in total. The summed E-state index contributed by atoms with van der Waals surface area (Å²) in [6.07, 6.45) is 4.85. The van der Waals surface area contributed by atoms with E-state index in [0.29, 0.717) is 11.9 Å². The first-order chi connectivity index (χ1) is 12.3. The van der Waals surface area contributed by atoms with Gasteiger partial charge in [0.25, 0.3) is 0 Å².